The number of rotatable bonds is 10. The Hall–Kier alpha value is -7.06. The molecule has 2 aliphatic heterocycles. The third-order valence-electron chi connectivity index (χ3n) is 12.1. The van der Waals surface area contributed by atoms with Crippen LogP contribution in [0.15, 0.2) is 60.7 Å². The Morgan fingerprint density at radius 3 is 1.40 bits per heavy atom. The normalized spacial score (nSPS) is 28.5. The van der Waals surface area contributed by atoms with E-state index in [0.717, 1.165) is 30.3 Å². The number of carboxylic acids is 3. The van der Waals surface area contributed by atoms with E-state index in [2.05, 4.69) is 0 Å². The summed E-state index contributed by atoms with van der Waals surface area (Å²) >= 11 is 0. The van der Waals surface area contributed by atoms with Gasteiger partial charge in [-0.1, -0.05) is 24.3 Å². The van der Waals surface area contributed by atoms with Crippen LogP contribution in [0.5, 0.6) is 23.0 Å². The summed E-state index contributed by atoms with van der Waals surface area (Å²) in [5.41, 5.74) is -3.67. The van der Waals surface area contributed by atoms with Crippen molar-refractivity contribution in [2.45, 2.75) is 73.2 Å². The number of aromatic hydroxyl groups is 2. The van der Waals surface area contributed by atoms with Crippen LogP contribution in [0, 0.1) is 0 Å². The van der Waals surface area contributed by atoms with Crippen molar-refractivity contribution >= 4 is 35.4 Å². The van der Waals surface area contributed by atoms with Crippen molar-refractivity contribution in [2.24, 2.45) is 0 Å². The summed E-state index contributed by atoms with van der Waals surface area (Å²) in [6.45, 7) is -1.82. The number of hydrogen-bond acceptors (Lipinski definition) is 20. The molecule has 67 heavy (non-hydrogen) atoms. The lowest BCUT2D eigenvalue weighted by molar-refractivity contribution is -0.282. The number of aliphatic hydroxyl groups excluding tert-OH is 7. The molecular weight excluding hydrogens is 896 g/mol. The Balaban J connectivity index is 1.37. The molecule has 23 heteroatoms. The number of phenolic OH excluding ortho intramolecular Hbond substituents is 2. The number of esters is 1. The molecule has 12 atom stereocenters. The Morgan fingerprint density at radius 1 is 0.537 bits per heavy atom. The maximum Gasteiger partial charge on any atom is 0.417 e. The van der Waals surface area contributed by atoms with Gasteiger partial charge in [0.15, 0.2) is 6.10 Å². The van der Waals surface area contributed by atoms with Crippen molar-refractivity contribution in [3.05, 3.63) is 116 Å². The SMILES string of the molecule is O=C(O)C(=O)OC1C(Oc2cccc3c2C(=O)c2c(O)cc(C(=O)O)cc2C3C2c3cc(C(=O)O)cc(O)c3C(=O)c3c(OC4OC(CO)C(O)C(O)C4O)cccc32)OC(CO)C(O)C1O. The smallest absolute Gasteiger partial charge is 0.417 e. The maximum atomic E-state index is 14.8. The van der Waals surface area contributed by atoms with E-state index >= 15 is 0 Å². The van der Waals surface area contributed by atoms with Crippen LogP contribution in [0.3, 0.4) is 0 Å². The van der Waals surface area contributed by atoms with Crippen molar-refractivity contribution in [1.82, 2.24) is 0 Å². The van der Waals surface area contributed by atoms with Crippen molar-refractivity contribution in [1.29, 1.82) is 0 Å². The second-order valence-corrected chi connectivity index (χ2v) is 15.9. The second-order valence-electron chi connectivity index (χ2n) is 15.9. The number of benzene rings is 4. The lowest BCUT2D eigenvalue weighted by Crippen LogP contribution is -2.61. The van der Waals surface area contributed by atoms with Crippen LogP contribution in [0.2, 0.25) is 0 Å². The maximum absolute atomic E-state index is 14.8. The van der Waals surface area contributed by atoms with E-state index < -0.39 is 173 Å². The summed E-state index contributed by atoms with van der Waals surface area (Å²) in [5, 5.41) is 126. The molecule has 12 N–H and O–H groups in total. The molecule has 2 aliphatic carbocycles. The molecule has 12 unspecified atom stereocenters. The summed E-state index contributed by atoms with van der Waals surface area (Å²) in [7, 11) is 0. The number of carboxylic acid groups (broad SMARTS) is 3. The number of fused-ring (bicyclic) bond motifs is 4. The van der Waals surface area contributed by atoms with Crippen LogP contribution in [0.1, 0.15) is 86.6 Å². The predicted octanol–water partition coefficient (Wildman–Crippen LogP) is -1.46. The van der Waals surface area contributed by atoms with Crippen molar-refractivity contribution in [3.63, 3.8) is 0 Å². The molecule has 352 valence electrons. The number of ketones is 2. The van der Waals surface area contributed by atoms with Gasteiger partial charge in [0.25, 0.3) is 0 Å². The Labute approximate surface area is 374 Å². The van der Waals surface area contributed by atoms with E-state index in [-0.39, 0.29) is 27.8 Å². The average molecular weight is 935 g/mol. The lowest BCUT2D eigenvalue weighted by atomic mass is 9.63. The molecule has 4 aromatic carbocycles. The summed E-state index contributed by atoms with van der Waals surface area (Å²) in [6.07, 6.45) is -19.1. The van der Waals surface area contributed by atoms with Gasteiger partial charge in [0.1, 0.15) is 65.7 Å². The number of carbonyl (C=O) groups excluding carboxylic acids is 3. The van der Waals surface area contributed by atoms with Gasteiger partial charge in [-0.15, -0.1) is 0 Å². The van der Waals surface area contributed by atoms with Crippen LogP contribution in [0.25, 0.3) is 0 Å². The topological polar surface area (TPSA) is 391 Å². The number of hydrogen-bond donors (Lipinski definition) is 12. The van der Waals surface area contributed by atoms with Crippen molar-refractivity contribution < 1.29 is 114 Å². The van der Waals surface area contributed by atoms with Gasteiger partial charge in [0.2, 0.25) is 24.1 Å². The molecule has 4 aromatic rings. The highest BCUT2D eigenvalue weighted by Gasteiger charge is 2.51. The molecule has 0 spiro atoms. The van der Waals surface area contributed by atoms with Crippen LogP contribution in [-0.4, -0.2) is 171 Å². The first-order chi connectivity index (χ1) is 31.8. The van der Waals surface area contributed by atoms with E-state index in [1.807, 2.05) is 0 Å². The minimum Gasteiger partial charge on any atom is -0.507 e. The van der Waals surface area contributed by atoms with E-state index in [0.29, 0.717) is 0 Å². The largest absolute Gasteiger partial charge is 0.507 e. The first-order valence-corrected chi connectivity index (χ1v) is 20.0. The lowest BCUT2D eigenvalue weighted by Gasteiger charge is -2.42. The molecule has 23 nitrogen and oxygen atoms in total. The summed E-state index contributed by atoms with van der Waals surface area (Å²) < 4.78 is 28.0. The van der Waals surface area contributed by atoms with Crippen molar-refractivity contribution in [3.8, 4) is 23.0 Å². The van der Waals surface area contributed by atoms with E-state index in [1.165, 1.54) is 30.3 Å². The molecule has 4 aliphatic rings. The quantitative estimate of drug-likeness (QED) is 0.0638. The van der Waals surface area contributed by atoms with Gasteiger partial charge in [0.05, 0.1) is 46.6 Å². The number of ether oxygens (including phenoxy) is 5. The fraction of sp³-hybridized carbons (Fsp3) is 0.318. The molecule has 0 bridgehead atoms. The molecule has 2 saturated heterocycles. The number of phenols is 2. The molecule has 0 amide bonds. The zero-order valence-corrected chi connectivity index (χ0v) is 34.0. The van der Waals surface area contributed by atoms with Crippen LogP contribution < -0.4 is 9.47 Å². The summed E-state index contributed by atoms with van der Waals surface area (Å²) in [6, 6.07) is 11.3. The summed E-state index contributed by atoms with van der Waals surface area (Å²) in [5.74, 6) is -15.0. The molecule has 0 radical (unpaired) electrons. The zero-order chi connectivity index (χ0) is 48.5. The fourth-order valence-corrected chi connectivity index (χ4v) is 9.00. The van der Waals surface area contributed by atoms with Gasteiger partial charge in [-0.25, -0.2) is 19.2 Å². The van der Waals surface area contributed by atoms with Gasteiger partial charge in [-0.3, -0.25) is 9.59 Å². The van der Waals surface area contributed by atoms with Gasteiger partial charge in [-0.05, 0) is 58.7 Å². The minimum atomic E-state index is -2.16. The van der Waals surface area contributed by atoms with Crippen LogP contribution >= 0.6 is 0 Å². The highest BCUT2D eigenvalue weighted by molar-refractivity contribution is 6.28. The van der Waals surface area contributed by atoms with Crippen LogP contribution in [-0.2, 0) is 23.8 Å². The fourth-order valence-electron chi connectivity index (χ4n) is 9.00. The van der Waals surface area contributed by atoms with E-state index in [4.69, 9.17) is 23.7 Å². The molecular formula is C44H38O23. The first-order valence-electron chi connectivity index (χ1n) is 20.0. The zero-order valence-electron chi connectivity index (χ0n) is 34.0. The number of aromatic carboxylic acids is 2. The minimum absolute atomic E-state index is 0.0662. The number of aliphatic hydroxyl groups is 7. The van der Waals surface area contributed by atoms with Gasteiger partial charge < -0.3 is 85.0 Å². The molecule has 8 rings (SSSR count). The standard InChI is InChI=1S/C44H38O23/c45-11-23-31(49)35(53)37(55)43(65-23)63-21-5-1-3-15-25(17-7-13(39(56)57)9-19(47)27(17)33(51)29(15)21)26-16-4-2-6-22(30(16)34(52)28-18(26)8-14(40(58)59)10-20(28)48)64-44-38(67-42(62)41(60)61)36(54)32(50)24(12-46)66-44/h1-10,23-26,31-32,35-38,43-50,53-55H,11-12H2,(H,56,57)(H,58,59)(H,60,61). The van der Waals surface area contributed by atoms with Gasteiger partial charge in [-0.2, -0.15) is 0 Å². The highest BCUT2D eigenvalue weighted by atomic mass is 16.7. The summed E-state index contributed by atoms with van der Waals surface area (Å²) in [4.78, 5) is 78.3. The highest BCUT2D eigenvalue weighted by Crippen LogP contribution is 2.56. The Bertz CT molecular complexity index is 2730. The average Bonchev–Trinajstić information content (AvgIpc) is 3.29. The third-order valence-corrected chi connectivity index (χ3v) is 12.1. The monoisotopic (exact) mass is 934 g/mol. The molecule has 0 aromatic heterocycles. The Kier molecular flexibility index (Phi) is 12.2. The number of aliphatic carboxylic acids is 1. The Morgan fingerprint density at radius 2 is 0.970 bits per heavy atom. The van der Waals surface area contributed by atoms with Gasteiger partial charge in [0, 0.05) is 11.8 Å². The third kappa shape index (κ3) is 7.76. The van der Waals surface area contributed by atoms with E-state index in [1.54, 1.807) is 0 Å². The predicted molar refractivity (Wildman–Crippen MR) is 214 cm³/mol. The second kappa shape index (κ2) is 17.6. The number of carbonyl (C=O) groups is 6. The first kappa shape index (κ1) is 46.5. The molecule has 2 heterocycles. The molecule has 2 fully saturated rings. The van der Waals surface area contributed by atoms with Crippen molar-refractivity contribution in [2.75, 3.05) is 13.2 Å². The molecule has 0 saturated carbocycles. The van der Waals surface area contributed by atoms with Gasteiger partial charge >= 0.3 is 23.9 Å². The van der Waals surface area contributed by atoms with Crippen LogP contribution in [0.4, 0.5) is 0 Å². The van der Waals surface area contributed by atoms with E-state index in [9.17, 15) is 90.0 Å².